The van der Waals surface area contributed by atoms with Gasteiger partial charge in [-0.05, 0) is 20.1 Å². The van der Waals surface area contributed by atoms with Crippen LogP contribution in [-0.2, 0) is 0 Å². The van der Waals surface area contributed by atoms with Gasteiger partial charge in [0, 0.05) is 6.20 Å². The summed E-state index contributed by atoms with van der Waals surface area (Å²) >= 11 is 0. The normalized spacial score (nSPS) is 9.80. The summed E-state index contributed by atoms with van der Waals surface area (Å²) in [5.74, 6) is 0. The molecule has 0 aliphatic heterocycles. The van der Waals surface area contributed by atoms with Crippen molar-refractivity contribution in [1.82, 2.24) is 0 Å². The number of alkyl halides is 1. The quantitative estimate of drug-likeness (QED) is 0.541. The molecule has 0 aliphatic carbocycles. The predicted octanol–water partition coefficient (Wildman–Crippen LogP) is 2.98. The van der Waals surface area contributed by atoms with E-state index >= 15 is 0 Å². The molecule has 0 amide bonds. The molecule has 0 unspecified atom stereocenters. The van der Waals surface area contributed by atoms with Crippen LogP contribution in [0.15, 0.2) is 16.8 Å². The summed E-state index contributed by atoms with van der Waals surface area (Å²) in [7, 11) is 0.500. The lowest BCUT2D eigenvalue weighted by atomic mass is 10.2. The van der Waals surface area contributed by atoms with Crippen LogP contribution >= 0.6 is 0 Å². The molecule has 0 atom stereocenters. The fourth-order valence-corrected chi connectivity index (χ4v) is 0.615. The van der Waals surface area contributed by atoms with Crippen molar-refractivity contribution < 1.29 is 4.39 Å². The molecule has 0 fully saturated rings. The Balaban J connectivity index is 0. The van der Waals surface area contributed by atoms with Crippen LogP contribution in [0.5, 0.6) is 0 Å². The summed E-state index contributed by atoms with van der Waals surface area (Å²) in [5, 5.41) is 0. The minimum Gasteiger partial charge on any atom is -0.273 e. The number of halogens is 1. The molecule has 0 aromatic rings. The second-order valence-electron chi connectivity index (χ2n) is 1.91. The topological polar surface area (TPSA) is 12.4 Å². The number of aliphatic imine (C=N–C) groups is 1. The van der Waals surface area contributed by atoms with Crippen LogP contribution in [0.3, 0.4) is 0 Å². The summed E-state index contributed by atoms with van der Waals surface area (Å²) in [6.07, 6.45) is 4.14. The van der Waals surface area contributed by atoms with Gasteiger partial charge in [-0.1, -0.05) is 18.9 Å². The molecule has 0 spiro atoms. The number of nitrogens with zero attached hydrogens (tertiary/aromatic N) is 1. The minimum atomic E-state index is 0.500. The smallest absolute Gasteiger partial charge is 0.0785 e. The number of rotatable bonds is 3. The highest BCUT2D eigenvalue weighted by molar-refractivity contribution is 5.26. The molecule has 0 aromatic heterocycles. The van der Waals surface area contributed by atoms with E-state index in [4.69, 9.17) is 0 Å². The zero-order chi connectivity index (χ0) is 8.41. The molecule has 10 heavy (non-hydrogen) atoms. The predicted molar refractivity (Wildman–Crippen MR) is 45.2 cm³/mol. The van der Waals surface area contributed by atoms with Crippen molar-refractivity contribution in [2.45, 2.75) is 26.7 Å². The maximum absolute atomic E-state index is 9.50. The van der Waals surface area contributed by atoms with E-state index in [-0.39, 0.29) is 0 Å². The lowest BCUT2D eigenvalue weighted by Crippen LogP contribution is -1.71. The van der Waals surface area contributed by atoms with Gasteiger partial charge in [0.25, 0.3) is 0 Å². The lowest BCUT2D eigenvalue weighted by Gasteiger charge is -1.91. The highest BCUT2D eigenvalue weighted by atomic mass is 19.1. The van der Waals surface area contributed by atoms with Crippen molar-refractivity contribution in [1.29, 1.82) is 0 Å². The Bertz CT molecular complexity index is 97.4. The van der Waals surface area contributed by atoms with E-state index in [0.29, 0.717) is 7.18 Å². The summed E-state index contributed by atoms with van der Waals surface area (Å²) in [5.41, 5.74) is 1.31. The Morgan fingerprint density at radius 1 is 1.60 bits per heavy atom. The molecule has 0 radical (unpaired) electrons. The monoisotopic (exact) mass is 145 g/mol. The molecule has 2 heteroatoms. The molecule has 0 aliphatic rings. The fraction of sp³-hybridized carbons (Fsp3) is 0.625. The molecular formula is C8H16FN. The van der Waals surface area contributed by atoms with Gasteiger partial charge in [0.15, 0.2) is 0 Å². The van der Waals surface area contributed by atoms with Crippen molar-refractivity contribution in [3.05, 3.63) is 11.8 Å². The first-order valence-corrected chi connectivity index (χ1v) is 3.30. The third-order valence-corrected chi connectivity index (χ3v) is 0.956. The summed E-state index contributed by atoms with van der Waals surface area (Å²) < 4.78 is 9.50. The lowest BCUT2D eigenvalue weighted by molar-refractivity contribution is 0.636. The van der Waals surface area contributed by atoms with Crippen molar-refractivity contribution >= 4 is 6.72 Å². The van der Waals surface area contributed by atoms with E-state index in [0.717, 1.165) is 6.42 Å². The van der Waals surface area contributed by atoms with E-state index in [1.165, 1.54) is 12.0 Å². The van der Waals surface area contributed by atoms with Crippen molar-refractivity contribution in [3.63, 3.8) is 0 Å². The molecule has 0 saturated carbocycles. The third-order valence-electron chi connectivity index (χ3n) is 0.956. The van der Waals surface area contributed by atoms with E-state index in [1.54, 1.807) is 0 Å². The first-order chi connectivity index (χ1) is 4.81. The molecule has 60 valence electrons. The van der Waals surface area contributed by atoms with Crippen molar-refractivity contribution in [3.8, 4) is 0 Å². The van der Waals surface area contributed by atoms with Gasteiger partial charge in [0.2, 0.25) is 0 Å². The van der Waals surface area contributed by atoms with Gasteiger partial charge in [-0.15, -0.1) is 0 Å². The fourth-order valence-electron chi connectivity index (χ4n) is 0.615. The van der Waals surface area contributed by atoms with Gasteiger partial charge in [0.05, 0.1) is 7.18 Å². The Kier molecular flexibility index (Phi) is 13.5. The standard InChI is InChI=1S/C7H13N.CH3F/c1-4-5-7(2)6-8-3;1-2/h6H,3-5H2,1-2H3;1H3/b7-6+;. The van der Waals surface area contributed by atoms with Gasteiger partial charge in [-0.3, -0.25) is 9.38 Å². The summed E-state index contributed by atoms with van der Waals surface area (Å²) in [6.45, 7) is 7.58. The van der Waals surface area contributed by atoms with E-state index in [9.17, 15) is 4.39 Å². The Labute approximate surface area is 62.7 Å². The van der Waals surface area contributed by atoms with Crippen LogP contribution in [0, 0.1) is 0 Å². The van der Waals surface area contributed by atoms with Crippen molar-refractivity contribution in [2.24, 2.45) is 4.99 Å². The van der Waals surface area contributed by atoms with E-state index in [2.05, 4.69) is 25.6 Å². The number of allylic oxidation sites excluding steroid dienone is 1. The molecule has 0 saturated heterocycles. The highest BCUT2D eigenvalue weighted by Crippen LogP contribution is 2.01. The van der Waals surface area contributed by atoms with Crippen molar-refractivity contribution in [2.75, 3.05) is 7.18 Å². The maximum Gasteiger partial charge on any atom is 0.0785 e. The van der Waals surface area contributed by atoms with Crippen LogP contribution in [0.2, 0.25) is 0 Å². The average molecular weight is 145 g/mol. The first kappa shape index (κ1) is 12.1. The summed E-state index contributed by atoms with van der Waals surface area (Å²) in [6, 6.07) is 0. The third kappa shape index (κ3) is 10.3. The van der Waals surface area contributed by atoms with E-state index < -0.39 is 0 Å². The number of hydrogen-bond donors (Lipinski definition) is 0. The van der Waals surface area contributed by atoms with Gasteiger partial charge in [-0.25, -0.2) is 0 Å². The molecule has 0 aromatic carbocycles. The van der Waals surface area contributed by atoms with Gasteiger partial charge >= 0.3 is 0 Å². The molecule has 0 rings (SSSR count). The summed E-state index contributed by atoms with van der Waals surface area (Å²) in [4.78, 5) is 3.64. The van der Waals surface area contributed by atoms with E-state index in [1.807, 2.05) is 6.20 Å². The maximum atomic E-state index is 9.50. The Morgan fingerprint density at radius 2 is 2.10 bits per heavy atom. The SMILES string of the molecule is C=N/C=C(\C)CCC.CF. The van der Waals surface area contributed by atoms with Crippen LogP contribution in [0.1, 0.15) is 26.7 Å². The minimum absolute atomic E-state index is 0.500. The zero-order valence-electron chi connectivity index (χ0n) is 7.02. The van der Waals surface area contributed by atoms with Crippen LogP contribution in [-0.4, -0.2) is 13.9 Å². The molecule has 0 bridgehead atoms. The molecular weight excluding hydrogens is 129 g/mol. The Hall–Kier alpha value is -0.660. The second kappa shape index (κ2) is 11.2. The first-order valence-electron chi connectivity index (χ1n) is 3.30. The van der Waals surface area contributed by atoms with Crippen LogP contribution in [0.4, 0.5) is 4.39 Å². The highest BCUT2D eigenvalue weighted by Gasteiger charge is 1.81. The van der Waals surface area contributed by atoms with Gasteiger partial charge < -0.3 is 0 Å². The average Bonchev–Trinajstić information content (AvgIpc) is 1.93. The van der Waals surface area contributed by atoms with Crippen LogP contribution < -0.4 is 0 Å². The number of hydrogen-bond acceptors (Lipinski definition) is 1. The van der Waals surface area contributed by atoms with Crippen LogP contribution in [0.25, 0.3) is 0 Å². The largest absolute Gasteiger partial charge is 0.273 e. The molecule has 1 nitrogen and oxygen atoms in total. The zero-order valence-corrected chi connectivity index (χ0v) is 7.02. The second-order valence-corrected chi connectivity index (χ2v) is 1.91. The Morgan fingerprint density at radius 3 is 2.40 bits per heavy atom. The molecule has 0 N–H and O–H groups in total. The van der Waals surface area contributed by atoms with Gasteiger partial charge in [-0.2, -0.15) is 0 Å². The molecule has 0 heterocycles. The van der Waals surface area contributed by atoms with Gasteiger partial charge in [0.1, 0.15) is 0 Å².